The highest BCUT2D eigenvalue weighted by Crippen LogP contribution is 2.23. The minimum atomic E-state index is 0.0689. The van der Waals surface area contributed by atoms with E-state index in [1.165, 1.54) is 6.20 Å². The van der Waals surface area contributed by atoms with Gasteiger partial charge in [0.25, 0.3) is 5.91 Å². The first-order valence-electron chi connectivity index (χ1n) is 6.10. The van der Waals surface area contributed by atoms with Gasteiger partial charge in [-0.3, -0.25) is 4.79 Å². The lowest BCUT2D eigenvalue weighted by Gasteiger charge is -2.24. The van der Waals surface area contributed by atoms with Gasteiger partial charge in [-0.05, 0) is 38.3 Å². The minimum absolute atomic E-state index is 0.0689. The van der Waals surface area contributed by atoms with Crippen LogP contribution in [0.5, 0.6) is 0 Å². The van der Waals surface area contributed by atoms with E-state index in [9.17, 15) is 4.79 Å². The van der Waals surface area contributed by atoms with E-state index >= 15 is 0 Å². The first-order chi connectivity index (χ1) is 8.33. The van der Waals surface area contributed by atoms with Gasteiger partial charge in [-0.25, -0.2) is 0 Å². The molecule has 1 amide bonds. The molecule has 0 radical (unpaired) electrons. The smallest absolute Gasteiger partial charge is 0.255 e. The number of likely N-dealkylation sites (tertiary alicyclic amines) is 1. The third-order valence-electron chi connectivity index (χ3n) is 3.21. The summed E-state index contributed by atoms with van der Waals surface area (Å²) in [6, 6.07) is 2.06. The quantitative estimate of drug-likeness (QED) is 0.837. The Morgan fingerprint density at radius 2 is 2.41 bits per heavy atom. The first-order valence-corrected chi connectivity index (χ1v) is 6.10. The molecule has 0 bridgehead atoms. The standard InChI is InChI=1S/C12H18N4O/c13-6-1-3-11-4-2-8-16(11)12(17)10-5-7-14-15-9-10/h5,7,9,11H,1-4,6,8,13H2. The molecule has 0 aliphatic carbocycles. The van der Waals surface area contributed by atoms with Crippen LogP contribution in [0.25, 0.3) is 0 Å². The van der Waals surface area contributed by atoms with Gasteiger partial charge >= 0.3 is 0 Å². The van der Waals surface area contributed by atoms with Crippen molar-refractivity contribution in [3.63, 3.8) is 0 Å². The van der Waals surface area contributed by atoms with Crippen LogP contribution in [0.2, 0.25) is 0 Å². The summed E-state index contributed by atoms with van der Waals surface area (Å²) < 4.78 is 0. The zero-order valence-electron chi connectivity index (χ0n) is 9.88. The number of carbonyl (C=O) groups is 1. The summed E-state index contributed by atoms with van der Waals surface area (Å²) in [5, 5.41) is 7.43. The Kier molecular flexibility index (Phi) is 4.03. The Morgan fingerprint density at radius 3 is 3.12 bits per heavy atom. The predicted octanol–water partition coefficient (Wildman–Crippen LogP) is 0.820. The van der Waals surface area contributed by atoms with Crippen molar-refractivity contribution in [2.45, 2.75) is 31.7 Å². The van der Waals surface area contributed by atoms with Gasteiger partial charge in [-0.1, -0.05) is 0 Å². The van der Waals surface area contributed by atoms with E-state index in [1.807, 2.05) is 4.90 Å². The van der Waals surface area contributed by atoms with Crippen molar-refractivity contribution in [3.05, 3.63) is 24.0 Å². The van der Waals surface area contributed by atoms with Crippen LogP contribution in [0, 0.1) is 0 Å². The van der Waals surface area contributed by atoms with Gasteiger partial charge in [0.1, 0.15) is 0 Å². The molecular formula is C12H18N4O. The number of hydrogen-bond donors (Lipinski definition) is 1. The minimum Gasteiger partial charge on any atom is -0.336 e. The Balaban J connectivity index is 2.03. The third-order valence-corrected chi connectivity index (χ3v) is 3.21. The largest absolute Gasteiger partial charge is 0.336 e. The van der Waals surface area contributed by atoms with Crippen molar-refractivity contribution in [2.75, 3.05) is 13.1 Å². The number of hydrogen-bond acceptors (Lipinski definition) is 4. The van der Waals surface area contributed by atoms with Crippen LogP contribution >= 0.6 is 0 Å². The molecule has 1 aliphatic heterocycles. The third kappa shape index (κ3) is 2.79. The summed E-state index contributed by atoms with van der Waals surface area (Å²) in [6.07, 6.45) is 7.23. The maximum Gasteiger partial charge on any atom is 0.255 e. The van der Waals surface area contributed by atoms with Crippen LogP contribution in [-0.2, 0) is 0 Å². The highest BCUT2D eigenvalue weighted by molar-refractivity contribution is 5.94. The SMILES string of the molecule is NCCCC1CCCN1C(=O)c1ccnnc1. The highest BCUT2D eigenvalue weighted by atomic mass is 16.2. The van der Waals surface area contributed by atoms with Crippen molar-refractivity contribution in [1.82, 2.24) is 15.1 Å². The van der Waals surface area contributed by atoms with Crippen LogP contribution in [0.3, 0.4) is 0 Å². The van der Waals surface area contributed by atoms with E-state index in [2.05, 4.69) is 10.2 Å². The molecule has 1 aliphatic rings. The molecule has 92 valence electrons. The average Bonchev–Trinajstić information content (AvgIpc) is 2.84. The van der Waals surface area contributed by atoms with Crippen LogP contribution in [-0.4, -0.2) is 40.1 Å². The van der Waals surface area contributed by atoms with E-state index in [1.54, 1.807) is 12.3 Å². The zero-order valence-corrected chi connectivity index (χ0v) is 9.88. The molecule has 1 fully saturated rings. The first kappa shape index (κ1) is 12.0. The summed E-state index contributed by atoms with van der Waals surface area (Å²) >= 11 is 0. The topological polar surface area (TPSA) is 72.1 Å². The molecule has 2 heterocycles. The van der Waals surface area contributed by atoms with E-state index in [0.29, 0.717) is 18.2 Å². The molecule has 2 rings (SSSR count). The number of rotatable bonds is 4. The lowest BCUT2D eigenvalue weighted by molar-refractivity contribution is 0.0729. The van der Waals surface area contributed by atoms with Crippen molar-refractivity contribution in [2.24, 2.45) is 5.73 Å². The predicted molar refractivity (Wildman–Crippen MR) is 64.4 cm³/mol. The molecular weight excluding hydrogens is 216 g/mol. The second-order valence-corrected chi connectivity index (χ2v) is 4.36. The number of nitrogens with zero attached hydrogens (tertiary/aromatic N) is 3. The number of aromatic nitrogens is 2. The maximum atomic E-state index is 12.2. The molecule has 17 heavy (non-hydrogen) atoms. The fourth-order valence-electron chi connectivity index (χ4n) is 2.34. The van der Waals surface area contributed by atoms with Crippen molar-refractivity contribution < 1.29 is 4.79 Å². The van der Waals surface area contributed by atoms with E-state index in [0.717, 1.165) is 32.2 Å². The van der Waals surface area contributed by atoms with Crippen LogP contribution in [0.1, 0.15) is 36.0 Å². The summed E-state index contributed by atoms with van der Waals surface area (Å²) in [4.78, 5) is 14.2. The Hall–Kier alpha value is -1.49. The molecule has 5 heteroatoms. The second kappa shape index (κ2) is 5.72. The second-order valence-electron chi connectivity index (χ2n) is 4.36. The molecule has 1 atom stereocenters. The number of nitrogens with two attached hydrogens (primary N) is 1. The summed E-state index contributed by atoms with van der Waals surface area (Å²) in [5.74, 6) is 0.0689. The van der Waals surface area contributed by atoms with Gasteiger partial charge in [0.15, 0.2) is 0 Å². The summed E-state index contributed by atoms with van der Waals surface area (Å²) in [6.45, 7) is 1.53. The van der Waals surface area contributed by atoms with Gasteiger partial charge in [0.2, 0.25) is 0 Å². The summed E-state index contributed by atoms with van der Waals surface area (Å²) in [5.41, 5.74) is 6.14. The molecule has 1 aromatic rings. The van der Waals surface area contributed by atoms with Gasteiger partial charge < -0.3 is 10.6 Å². The van der Waals surface area contributed by atoms with E-state index in [4.69, 9.17) is 5.73 Å². The lowest BCUT2D eigenvalue weighted by atomic mass is 10.1. The van der Waals surface area contributed by atoms with Crippen LogP contribution in [0.4, 0.5) is 0 Å². The van der Waals surface area contributed by atoms with Gasteiger partial charge in [0, 0.05) is 12.6 Å². The highest BCUT2D eigenvalue weighted by Gasteiger charge is 2.28. The van der Waals surface area contributed by atoms with Crippen molar-refractivity contribution in [1.29, 1.82) is 0 Å². The number of amides is 1. The Labute approximate surface area is 101 Å². The van der Waals surface area contributed by atoms with E-state index in [-0.39, 0.29) is 5.91 Å². The molecule has 5 nitrogen and oxygen atoms in total. The fourth-order valence-corrected chi connectivity index (χ4v) is 2.34. The van der Waals surface area contributed by atoms with Crippen molar-refractivity contribution >= 4 is 5.91 Å². The summed E-state index contributed by atoms with van der Waals surface area (Å²) in [7, 11) is 0. The van der Waals surface area contributed by atoms with E-state index < -0.39 is 0 Å². The molecule has 0 spiro atoms. The average molecular weight is 234 g/mol. The monoisotopic (exact) mass is 234 g/mol. The van der Waals surface area contributed by atoms with Gasteiger partial charge in [-0.15, -0.1) is 0 Å². The molecule has 0 saturated carbocycles. The molecule has 0 aromatic carbocycles. The van der Waals surface area contributed by atoms with Crippen LogP contribution < -0.4 is 5.73 Å². The van der Waals surface area contributed by atoms with Crippen molar-refractivity contribution in [3.8, 4) is 0 Å². The molecule has 1 saturated heterocycles. The maximum absolute atomic E-state index is 12.2. The molecule has 1 aromatic heterocycles. The van der Waals surface area contributed by atoms with Gasteiger partial charge in [0.05, 0.1) is 18.0 Å². The molecule has 1 unspecified atom stereocenters. The fraction of sp³-hybridized carbons (Fsp3) is 0.583. The number of carbonyl (C=O) groups excluding carboxylic acids is 1. The Morgan fingerprint density at radius 1 is 1.53 bits per heavy atom. The zero-order chi connectivity index (χ0) is 12.1. The Bertz CT molecular complexity index is 368. The van der Waals surface area contributed by atoms with Crippen LogP contribution in [0.15, 0.2) is 18.5 Å². The normalized spacial score (nSPS) is 19.6. The lowest BCUT2D eigenvalue weighted by Crippen LogP contribution is -2.35. The van der Waals surface area contributed by atoms with Gasteiger partial charge in [-0.2, -0.15) is 10.2 Å². The molecule has 2 N–H and O–H groups in total.